The monoisotopic (exact) mass is 205 g/mol. The zero-order valence-electron chi connectivity index (χ0n) is 7.90. The quantitative estimate of drug-likeness (QED) is 0.425. The second kappa shape index (κ2) is 7.99. The van der Waals surface area contributed by atoms with Gasteiger partial charge in [0.25, 0.3) is 0 Å². The van der Waals surface area contributed by atoms with Crippen LogP contribution in [0.2, 0.25) is 0 Å². The molecule has 2 amide bonds. The third-order valence-electron chi connectivity index (χ3n) is 1.02. The maximum Gasteiger partial charge on any atom is 0.320 e. The first kappa shape index (κ1) is 14.9. The van der Waals surface area contributed by atoms with E-state index in [4.69, 9.17) is 16.6 Å². The van der Waals surface area contributed by atoms with Gasteiger partial charge in [-0.3, -0.25) is 14.4 Å². The van der Waals surface area contributed by atoms with Gasteiger partial charge in [0.2, 0.25) is 11.8 Å². The van der Waals surface area contributed by atoms with Crippen LogP contribution in [0.5, 0.6) is 0 Å². The molecule has 0 radical (unpaired) electrons. The molecular weight excluding hydrogens is 190 g/mol. The number of amides is 2. The Balaban J connectivity index is 0. The average Bonchev–Trinajstić information content (AvgIpc) is 1.98. The maximum absolute atomic E-state index is 10.1. The van der Waals surface area contributed by atoms with E-state index in [2.05, 4.69) is 5.73 Å². The van der Waals surface area contributed by atoms with Crippen LogP contribution >= 0.6 is 0 Å². The highest BCUT2D eigenvalue weighted by molar-refractivity contribution is 5.76. The predicted molar refractivity (Wildman–Crippen MR) is 48.9 cm³/mol. The molecule has 0 heterocycles. The summed E-state index contributed by atoms with van der Waals surface area (Å²) in [5.41, 5.74) is 14.3. The first-order chi connectivity index (χ1) is 6.27. The van der Waals surface area contributed by atoms with E-state index in [-0.39, 0.29) is 18.7 Å². The lowest BCUT2D eigenvalue weighted by atomic mass is 10.2. The zero-order valence-corrected chi connectivity index (χ0v) is 7.90. The minimum Gasteiger partial charge on any atom is -0.480 e. The Kier molecular flexibility index (Phi) is 8.49. The number of carbonyl (C=O) groups is 3. The van der Waals surface area contributed by atoms with E-state index in [1.165, 1.54) is 6.92 Å². The molecule has 7 N–H and O–H groups in total. The molecule has 7 nitrogen and oxygen atoms in total. The molecule has 0 aliphatic rings. The Morgan fingerprint density at radius 3 is 1.86 bits per heavy atom. The van der Waals surface area contributed by atoms with Crippen LogP contribution in [-0.4, -0.2) is 28.9 Å². The molecular formula is C7H15N3O4. The molecule has 0 aliphatic heterocycles. The van der Waals surface area contributed by atoms with Gasteiger partial charge in [0.15, 0.2) is 0 Å². The summed E-state index contributed by atoms with van der Waals surface area (Å²) in [7, 11) is 0. The molecule has 0 aromatic rings. The topological polar surface area (TPSA) is 150 Å². The number of aliphatic carboxylic acids is 1. The fourth-order valence-electron chi connectivity index (χ4n) is 0.421. The normalized spacial score (nSPS) is 10.7. The number of primary amides is 2. The van der Waals surface area contributed by atoms with Crippen LogP contribution < -0.4 is 17.2 Å². The summed E-state index contributed by atoms with van der Waals surface area (Å²) >= 11 is 0. The summed E-state index contributed by atoms with van der Waals surface area (Å²) in [5.74, 6) is -1.97. The lowest BCUT2D eigenvalue weighted by Gasteiger charge is -2.01. The van der Waals surface area contributed by atoms with Gasteiger partial charge in [-0.2, -0.15) is 0 Å². The van der Waals surface area contributed by atoms with Crippen LogP contribution in [0.25, 0.3) is 0 Å². The van der Waals surface area contributed by atoms with Gasteiger partial charge in [0, 0.05) is 13.3 Å². The van der Waals surface area contributed by atoms with Gasteiger partial charge in [-0.05, 0) is 6.42 Å². The van der Waals surface area contributed by atoms with Gasteiger partial charge >= 0.3 is 5.97 Å². The van der Waals surface area contributed by atoms with Gasteiger partial charge in [0.1, 0.15) is 6.04 Å². The Hall–Kier alpha value is -1.63. The highest BCUT2D eigenvalue weighted by Crippen LogP contribution is 1.92. The molecule has 14 heavy (non-hydrogen) atoms. The van der Waals surface area contributed by atoms with Gasteiger partial charge in [0.05, 0.1) is 0 Å². The summed E-state index contributed by atoms with van der Waals surface area (Å²) < 4.78 is 0. The van der Waals surface area contributed by atoms with Crippen LogP contribution in [0.1, 0.15) is 19.8 Å². The molecule has 0 saturated heterocycles. The van der Waals surface area contributed by atoms with Crippen molar-refractivity contribution in [3.05, 3.63) is 0 Å². The van der Waals surface area contributed by atoms with Gasteiger partial charge in [-0.1, -0.05) is 0 Å². The van der Waals surface area contributed by atoms with Crippen molar-refractivity contribution in [3.8, 4) is 0 Å². The lowest BCUT2D eigenvalue weighted by molar-refractivity contribution is -0.138. The third-order valence-corrected chi connectivity index (χ3v) is 1.02. The van der Waals surface area contributed by atoms with Crippen molar-refractivity contribution in [3.63, 3.8) is 0 Å². The SMILES string of the molecule is CC(N)=O.NC(=O)CC[C@H](N)C(=O)O. The van der Waals surface area contributed by atoms with Crippen molar-refractivity contribution >= 4 is 17.8 Å². The van der Waals surface area contributed by atoms with E-state index >= 15 is 0 Å². The first-order valence-electron chi connectivity index (χ1n) is 3.80. The molecule has 0 aliphatic carbocycles. The molecule has 0 rings (SSSR count). The van der Waals surface area contributed by atoms with Crippen molar-refractivity contribution < 1.29 is 19.5 Å². The van der Waals surface area contributed by atoms with E-state index < -0.39 is 17.9 Å². The largest absolute Gasteiger partial charge is 0.480 e. The maximum atomic E-state index is 10.1. The standard InChI is InChI=1S/C5H10N2O3.C2H5NO/c6-3(5(9)10)1-2-4(7)8;1-2(3)4/h3H,1-2,6H2,(H2,7,8)(H,9,10);1H3,(H2,3,4)/t3-;/m0./s1. The number of carboxylic acid groups (broad SMARTS) is 1. The van der Waals surface area contributed by atoms with E-state index in [9.17, 15) is 14.4 Å². The molecule has 0 unspecified atom stereocenters. The van der Waals surface area contributed by atoms with Gasteiger partial charge in [-0.15, -0.1) is 0 Å². The Morgan fingerprint density at radius 1 is 1.29 bits per heavy atom. The minimum absolute atomic E-state index is 0.0213. The van der Waals surface area contributed by atoms with Crippen molar-refractivity contribution in [1.82, 2.24) is 0 Å². The van der Waals surface area contributed by atoms with Crippen molar-refractivity contribution in [2.75, 3.05) is 0 Å². The molecule has 0 bridgehead atoms. The van der Waals surface area contributed by atoms with Crippen LogP contribution in [0.15, 0.2) is 0 Å². The Morgan fingerprint density at radius 2 is 1.64 bits per heavy atom. The molecule has 1 atom stereocenters. The number of carboxylic acids is 1. The van der Waals surface area contributed by atoms with E-state index in [0.717, 1.165) is 0 Å². The van der Waals surface area contributed by atoms with Gasteiger partial charge in [-0.25, -0.2) is 0 Å². The number of rotatable bonds is 4. The van der Waals surface area contributed by atoms with Crippen LogP contribution in [0.3, 0.4) is 0 Å². The molecule has 0 spiro atoms. The highest BCUT2D eigenvalue weighted by Gasteiger charge is 2.11. The summed E-state index contributed by atoms with van der Waals surface area (Å²) in [4.78, 5) is 29.4. The summed E-state index contributed by atoms with van der Waals surface area (Å²) in [6.07, 6.45) is 0.123. The van der Waals surface area contributed by atoms with Gasteiger partial charge < -0.3 is 22.3 Å². The highest BCUT2D eigenvalue weighted by atomic mass is 16.4. The first-order valence-corrected chi connectivity index (χ1v) is 3.80. The minimum atomic E-state index is -1.11. The second-order valence-electron chi connectivity index (χ2n) is 2.56. The number of hydrogen-bond donors (Lipinski definition) is 4. The Bertz CT molecular complexity index is 213. The second-order valence-corrected chi connectivity index (χ2v) is 2.56. The molecule has 0 aromatic carbocycles. The number of hydrogen-bond acceptors (Lipinski definition) is 4. The van der Waals surface area contributed by atoms with Crippen LogP contribution in [0, 0.1) is 0 Å². The lowest BCUT2D eigenvalue weighted by Crippen LogP contribution is -2.31. The molecule has 0 saturated carbocycles. The molecule has 82 valence electrons. The third kappa shape index (κ3) is 16.8. The number of carbonyl (C=O) groups excluding carboxylic acids is 2. The summed E-state index contributed by atoms with van der Waals surface area (Å²) in [5, 5.41) is 8.22. The molecule has 7 heteroatoms. The van der Waals surface area contributed by atoms with Crippen LogP contribution in [-0.2, 0) is 14.4 Å². The smallest absolute Gasteiger partial charge is 0.320 e. The van der Waals surface area contributed by atoms with Crippen molar-refractivity contribution in [2.24, 2.45) is 17.2 Å². The van der Waals surface area contributed by atoms with E-state index in [0.29, 0.717) is 0 Å². The van der Waals surface area contributed by atoms with E-state index in [1.807, 2.05) is 0 Å². The van der Waals surface area contributed by atoms with Crippen molar-refractivity contribution in [1.29, 1.82) is 0 Å². The molecule has 0 aromatic heterocycles. The fraction of sp³-hybridized carbons (Fsp3) is 0.571. The average molecular weight is 205 g/mol. The van der Waals surface area contributed by atoms with E-state index in [1.54, 1.807) is 0 Å². The zero-order chi connectivity index (χ0) is 11.7. The van der Waals surface area contributed by atoms with Crippen molar-refractivity contribution in [2.45, 2.75) is 25.8 Å². The van der Waals surface area contributed by atoms with Crippen LogP contribution in [0.4, 0.5) is 0 Å². The Labute approximate surface area is 81.2 Å². The summed E-state index contributed by atoms with van der Waals surface area (Å²) in [6, 6.07) is -0.979. The number of nitrogens with two attached hydrogens (primary N) is 3. The predicted octanol–water partition coefficient (Wildman–Crippen LogP) is -1.84. The molecule has 0 fully saturated rings. The fourth-order valence-corrected chi connectivity index (χ4v) is 0.421. The summed E-state index contributed by atoms with van der Waals surface area (Å²) in [6.45, 7) is 1.31.